The van der Waals surface area contributed by atoms with Crippen LogP contribution in [-0.2, 0) is 0 Å². The van der Waals surface area contributed by atoms with E-state index in [2.05, 4.69) is 36.7 Å². The number of amides is 1. The number of likely N-dealkylation sites (tertiary alicyclic amines) is 1. The molecule has 2 rings (SSSR count). The second-order valence-electron chi connectivity index (χ2n) is 6.54. The molecule has 0 bridgehead atoms. The molecule has 1 aliphatic rings. The Labute approximate surface area is 134 Å². The largest absolute Gasteiger partial charge is 0.530 e. The van der Waals surface area contributed by atoms with Crippen LogP contribution in [0, 0.1) is 5.41 Å². The fourth-order valence-corrected chi connectivity index (χ4v) is 3.18. The van der Waals surface area contributed by atoms with Crippen molar-refractivity contribution < 1.29 is 14.6 Å². The number of para-hydroxylation sites is 1. The van der Waals surface area contributed by atoms with Crippen LogP contribution in [-0.4, -0.2) is 29.7 Å². The van der Waals surface area contributed by atoms with Crippen molar-refractivity contribution in [3.63, 3.8) is 0 Å². The van der Waals surface area contributed by atoms with Gasteiger partial charge in [-0.05, 0) is 33.5 Å². The second-order valence-corrected chi connectivity index (χ2v) is 7.39. The Hall–Kier alpha value is -1.23. The summed E-state index contributed by atoms with van der Waals surface area (Å²) in [6.45, 7) is 6.61. The first kappa shape index (κ1) is 16.1. The first-order valence-electron chi connectivity index (χ1n) is 7.18. The average Bonchev–Trinajstić information content (AvgIpc) is 2.40. The third-order valence-corrected chi connectivity index (χ3v) is 4.57. The Balaban J connectivity index is 2.11. The molecule has 0 aliphatic carbocycles. The Morgan fingerprint density at radius 2 is 2.05 bits per heavy atom. The highest BCUT2D eigenvalue weighted by atomic mass is 79.9. The minimum Gasteiger partial charge on any atom is -0.530 e. The SMILES string of the molecule is CC(C)(C)C1CC(Oc2ccccc2Br)CCN1C(=O)[O-]. The Bertz CT molecular complexity index is 512. The molecular weight excluding hydrogens is 334 g/mol. The summed E-state index contributed by atoms with van der Waals surface area (Å²) in [7, 11) is 0. The van der Waals surface area contributed by atoms with Gasteiger partial charge in [0.05, 0.1) is 4.47 Å². The fourth-order valence-electron chi connectivity index (χ4n) is 2.80. The second kappa shape index (κ2) is 6.26. The van der Waals surface area contributed by atoms with Gasteiger partial charge in [0.25, 0.3) is 0 Å². The van der Waals surface area contributed by atoms with Gasteiger partial charge < -0.3 is 19.5 Å². The molecule has 1 aromatic carbocycles. The lowest BCUT2D eigenvalue weighted by atomic mass is 9.80. The molecular formula is C16H21BrNO3-. The van der Waals surface area contributed by atoms with Crippen LogP contribution in [0.15, 0.2) is 28.7 Å². The summed E-state index contributed by atoms with van der Waals surface area (Å²) in [6, 6.07) is 7.63. The quantitative estimate of drug-likeness (QED) is 0.819. The number of hydrogen-bond donors (Lipinski definition) is 0. The summed E-state index contributed by atoms with van der Waals surface area (Å²) in [6.07, 6.45) is 0.290. The van der Waals surface area contributed by atoms with Crippen LogP contribution in [0.5, 0.6) is 5.75 Å². The number of carbonyl (C=O) groups excluding carboxylic acids is 1. The number of piperidine rings is 1. The number of carbonyl (C=O) groups is 1. The summed E-state index contributed by atoms with van der Waals surface area (Å²) in [5.74, 6) is 0.803. The maximum atomic E-state index is 11.3. The maximum absolute atomic E-state index is 11.3. The molecule has 21 heavy (non-hydrogen) atoms. The number of nitrogens with zero attached hydrogens (tertiary/aromatic N) is 1. The number of rotatable bonds is 2. The predicted molar refractivity (Wildman–Crippen MR) is 83.1 cm³/mol. The molecule has 0 spiro atoms. The Morgan fingerprint density at radius 3 is 2.62 bits per heavy atom. The van der Waals surface area contributed by atoms with E-state index in [0.29, 0.717) is 19.4 Å². The van der Waals surface area contributed by atoms with Crippen molar-refractivity contribution in [1.82, 2.24) is 4.90 Å². The number of carboxylic acid groups (broad SMARTS) is 1. The van der Waals surface area contributed by atoms with E-state index in [0.717, 1.165) is 10.2 Å². The van der Waals surface area contributed by atoms with Crippen molar-refractivity contribution in [2.75, 3.05) is 6.54 Å². The van der Waals surface area contributed by atoms with E-state index in [9.17, 15) is 9.90 Å². The van der Waals surface area contributed by atoms with Crippen LogP contribution < -0.4 is 9.84 Å². The van der Waals surface area contributed by atoms with Gasteiger partial charge in [-0.25, -0.2) is 0 Å². The average molecular weight is 355 g/mol. The number of ether oxygens (including phenoxy) is 1. The fraction of sp³-hybridized carbons (Fsp3) is 0.562. The Morgan fingerprint density at radius 1 is 1.38 bits per heavy atom. The van der Waals surface area contributed by atoms with Gasteiger partial charge in [-0.2, -0.15) is 0 Å². The van der Waals surface area contributed by atoms with Crippen LogP contribution in [0.2, 0.25) is 0 Å². The topological polar surface area (TPSA) is 52.6 Å². The summed E-state index contributed by atoms with van der Waals surface area (Å²) in [5.41, 5.74) is -0.143. The molecule has 1 amide bonds. The lowest BCUT2D eigenvalue weighted by molar-refractivity contribution is -0.272. The van der Waals surface area contributed by atoms with Crippen molar-refractivity contribution in [3.05, 3.63) is 28.7 Å². The first-order chi connectivity index (χ1) is 9.79. The summed E-state index contributed by atoms with van der Waals surface area (Å²) >= 11 is 3.47. The molecule has 4 nitrogen and oxygen atoms in total. The maximum Gasteiger partial charge on any atom is 0.137 e. The standard InChI is InChI=1S/C16H22BrNO3/c1-16(2,3)14-10-11(8-9-18(14)15(19)20)21-13-7-5-4-6-12(13)17/h4-7,11,14H,8-10H2,1-3H3,(H,19,20)/p-1. The lowest BCUT2D eigenvalue weighted by Gasteiger charge is -2.47. The van der Waals surface area contributed by atoms with Gasteiger partial charge in [-0.1, -0.05) is 32.9 Å². The van der Waals surface area contributed by atoms with E-state index in [-0.39, 0.29) is 17.6 Å². The summed E-state index contributed by atoms with van der Waals surface area (Å²) in [4.78, 5) is 12.7. The lowest BCUT2D eigenvalue weighted by Crippen LogP contribution is -2.57. The molecule has 1 aliphatic heterocycles. The van der Waals surface area contributed by atoms with Crippen LogP contribution in [0.4, 0.5) is 4.79 Å². The van der Waals surface area contributed by atoms with Gasteiger partial charge in [0, 0.05) is 25.4 Å². The smallest absolute Gasteiger partial charge is 0.137 e. The molecule has 0 aromatic heterocycles. The van der Waals surface area contributed by atoms with Crippen LogP contribution in [0.25, 0.3) is 0 Å². The minimum absolute atomic E-state index is 0.0172. The molecule has 0 saturated carbocycles. The highest BCUT2D eigenvalue weighted by molar-refractivity contribution is 9.10. The van der Waals surface area contributed by atoms with Gasteiger partial charge in [0.15, 0.2) is 0 Å². The summed E-state index contributed by atoms with van der Waals surface area (Å²) < 4.78 is 6.97. The minimum atomic E-state index is -1.09. The van der Waals surface area contributed by atoms with E-state index in [1.807, 2.05) is 24.3 Å². The van der Waals surface area contributed by atoms with E-state index < -0.39 is 6.09 Å². The van der Waals surface area contributed by atoms with Crippen molar-refractivity contribution in [1.29, 1.82) is 0 Å². The zero-order valence-corrected chi connectivity index (χ0v) is 14.2. The molecule has 1 aromatic rings. The molecule has 1 saturated heterocycles. The third kappa shape index (κ3) is 3.90. The molecule has 2 unspecified atom stereocenters. The molecule has 2 atom stereocenters. The Kier molecular flexibility index (Phi) is 4.81. The van der Waals surface area contributed by atoms with E-state index in [4.69, 9.17) is 4.74 Å². The van der Waals surface area contributed by atoms with Crippen LogP contribution >= 0.6 is 15.9 Å². The monoisotopic (exact) mass is 354 g/mol. The van der Waals surface area contributed by atoms with Crippen molar-refractivity contribution in [2.24, 2.45) is 5.41 Å². The van der Waals surface area contributed by atoms with Crippen molar-refractivity contribution >= 4 is 22.0 Å². The summed E-state index contributed by atoms with van der Waals surface area (Å²) in [5, 5.41) is 11.3. The van der Waals surface area contributed by atoms with Crippen molar-refractivity contribution in [2.45, 2.75) is 45.8 Å². The number of halogens is 1. The number of hydrogen-bond acceptors (Lipinski definition) is 3. The molecule has 116 valence electrons. The molecule has 0 N–H and O–H groups in total. The molecule has 1 fully saturated rings. The van der Waals surface area contributed by atoms with E-state index >= 15 is 0 Å². The van der Waals surface area contributed by atoms with Crippen LogP contribution in [0.3, 0.4) is 0 Å². The number of benzene rings is 1. The molecule has 5 heteroatoms. The van der Waals surface area contributed by atoms with E-state index in [1.165, 1.54) is 4.90 Å². The van der Waals surface area contributed by atoms with Gasteiger partial charge in [-0.15, -0.1) is 0 Å². The highest BCUT2D eigenvalue weighted by Gasteiger charge is 2.37. The predicted octanol–water partition coefficient (Wildman–Crippen LogP) is 3.05. The third-order valence-electron chi connectivity index (χ3n) is 3.92. The first-order valence-corrected chi connectivity index (χ1v) is 7.97. The molecule has 1 heterocycles. The van der Waals surface area contributed by atoms with Crippen LogP contribution in [0.1, 0.15) is 33.6 Å². The molecule has 0 radical (unpaired) electrons. The zero-order valence-electron chi connectivity index (χ0n) is 12.6. The van der Waals surface area contributed by atoms with E-state index in [1.54, 1.807) is 0 Å². The highest BCUT2D eigenvalue weighted by Crippen LogP contribution is 2.34. The normalized spacial score (nSPS) is 23.0. The van der Waals surface area contributed by atoms with Gasteiger partial charge in [0.1, 0.15) is 17.9 Å². The zero-order chi connectivity index (χ0) is 15.6. The van der Waals surface area contributed by atoms with Crippen molar-refractivity contribution in [3.8, 4) is 5.75 Å². The van der Waals surface area contributed by atoms with Gasteiger partial charge >= 0.3 is 0 Å². The van der Waals surface area contributed by atoms with Gasteiger partial charge in [0.2, 0.25) is 0 Å². The van der Waals surface area contributed by atoms with Gasteiger partial charge in [-0.3, -0.25) is 0 Å².